The van der Waals surface area contributed by atoms with Crippen LogP contribution in [0.1, 0.15) is 13.3 Å². The zero-order chi connectivity index (χ0) is 25.5. The first-order valence-corrected chi connectivity index (χ1v) is 13.3. The van der Waals surface area contributed by atoms with Crippen molar-refractivity contribution in [2.75, 3.05) is 18.6 Å². The molecule has 0 saturated heterocycles. The van der Waals surface area contributed by atoms with Gasteiger partial charge in [0.1, 0.15) is 15.6 Å². The average Bonchev–Trinajstić information content (AvgIpc) is 2.73. The van der Waals surface area contributed by atoms with Crippen LogP contribution in [0, 0.1) is 10.1 Å². The van der Waals surface area contributed by atoms with Gasteiger partial charge in [-0.25, -0.2) is 13.0 Å². The van der Waals surface area contributed by atoms with Crippen molar-refractivity contribution in [2.45, 2.75) is 19.4 Å². The van der Waals surface area contributed by atoms with Crippen LogP contribution in [0.15, 0.2) is 48.5 Å². The normalized spacial score (nSPS) is 12.7. The molecule has 0 heterocycles. The van der Waals surface area contributed by atoms with E-state index in [4.69, 9.17) is 14.3 Å². The van der Waals surface area contributed by atoms with Gasteiger partial charge in [-0.3, -0.25) is 14.9 Å². The molecule has 0 saturated carbocycles. The lowest BCUT2D eigenvalue weighted by Crippen LogP contribution is -2.43. The molecule has 0 bridgehead atoms. The Labute approximate surface area is 195 Å². The largest absolute Gasteiger partial charge is 0.465 e. The van der Waals surface area contributed by atoms with Gasteiger partial charge in [0, 0.05) is 18.4 Å². The molecule has 2 aromatic rings. The SMILES string of the molecule is CCOC(=O)[C@H](CCS(C)(=O)=O)N(Oc1ccccc1Oc1ccc([N+](=O)[O-])cc1)P(=O)(O)O. The molecule has 0 aliphatic heterocycles. The second-order valence-electron chi connectivity index (χ2n) is 6.89. The fraction of sp³-hybridized carbons (Fsp3) is 0.316. The molecule has 0 unspecified atom stereocenters. The van der Waals surface area contributed by atoms with Gasteiger partial charge in [0.15, 0.2) is 17.5 Å². The van der Waals surface area contributed by atoms with Gasteiger partial charge in [-0.1, -0.05) is 12.1 Å². The first-order valence-electron chi connectivity index (χ1n) is 9.70. The zero-order valence-corrected chi connectivity index (χ0v) is 19.8. The maximum atomic E-state index is 12.4. The number of benzene rings is 2. The van der Waals surface area contributed by atoms with Crippen LogP contribution >= 0.6 is 7.75 Å². The third-order valence-electron chi connectivity index (χ3n) is 4.16. The summed E-state index contributed by atoms with van der Waals surface area (Å²) in [4.78, 5) is 47.8. The van der Waals surface area contributed by atoms with E-state index in [2.05, 4.69) is 0 Å². The number of nitro groups is 1. The number of non-ortho nitro benzene ring substituents is 1. The molecule has 15 heteroatoms. The van der Waals surface area contributed by atoms with Crippen molar-refractivity contribution in [3.63, 3.8) is 0 Å². The summed E-state index contributed by atoms with van der Waals surface area (Å²) in [5, 5.41) is 10.8. The molecule has 0 aliphatic rings. The molecular weight excluding hydrogens is 495 g/mol. The number of carbonyl (C=O) groups excluding carboxylic acids is 1. The van der Waals surface area contributed by atoms with Gasteiger partial charge in [0.25, 0.3) is 5.69 Å². The quantitative estimate of drug-likeness (QED) is 0.181. The lowest BCUT2D eigenvalue weighted by atomic mass is 10.2. The predicted octanol–water partition coefficient (Wildman–Crippen LogP) is 2.44. The third-order valence-corrected chi connectivity index (χ3v) is 6.01. The lowest BCUT2D eigenvalue weighted by molar-refractivity contribution is -0.384. The first kappa shape index (κ1) is 27.2. The molecule has 0 fully saturated rings. The second kappa shape index (κ2) is 11.4. The minimum absolute atomic E-state index is 0.0412. The topological polar surface area (TPSA) is 183 Å². The molecule has 0 aromatic heterocycles. The zero-order valence-electron chi connectivity index (χ0n) is 18.1. The minimum Gasteiger partial charge on any atom is -0.465 e. The maximum Gasteiger partial charge on any atom is 0.436 e. The number of para-hydroxylation sites is 2. The molecule has 0 radical (unpaired) electrons. The summed E-state index contributed by atoms with van der Waals surface area (Å²) in [5.41, 5.74) is -0.173. The fourth-order valence-electron chi connectivity index (χ4n) is 2.65. The van der Waals surface area contributed by atoms with E-state index in [1.807, 2.05) is 0 Å². The fourth-order valence-corrected chi connectivity index (χ4v) is 4.07. The van der Waals surface area contributed by atoms with Crippen LogP contribution in [-0.4, -0.2) is 58.6 Å². The van der Waals surface area contributed by atoms with E-state index in [9.17, 15) is 37.7 Å². The van der Waals surface area contributed by atoms with Crippen LogP contribution < -0.4 is 9.57 Å². The van der Waals surface area contributed by atoms with Crippen molar-refractivity contribution in [3.8, 4) is 17.2 Å². The molecular formula is C19H23N2O11PS. The Morgan fingerprint density at radius 2 is 1.74 bits per heavy atom. The molecule has 0 spiro atoms. The Kier molecular flexibility index (Phi) is 9.13. The number of sulfone groups is 1. The molecule has 0 amide bonds. The van der Waals surface area contributed by atoms with Crippen LogP contribution in [0.25, 0.3) is 0 Å². The number of ether oxygens (including phenoxy) is 2. The monoisotopic (exact) mass is 518 g/mol. The highest BCUT2D eigenvalue weighted by atomic mass is 32.2. The number of hydrogen-bond donors (Lipinski definition) is 2. The minimum atomic E-state index is -5.29. The van der Waals surface area contributed by atoms with Crippen LogP contribution in [0.5, 0.6) is 17.2 Å². The van der Waals surface area contributed by atoms with E-state index in [0.717, 1.165) is 6.26 Å². The molecule has 13 nitrogen and oxygen atoms in total. The molecule has 0 aliphatic carbocycles. The van der Waals surface area contributed by atoms with Crippen molar-refractivity contribution in [1.82, 2.24) is 4.83 Å². The van der Waals surface area contributed by atoms with Crippen molar-refractivity contribution < 1.29 is 46.8 Å². The molecule has 2 N–H and O–H groups in total. The van der Waals surface area contributed by atoms with E-state index < -0.39 is 46.7 Å². The summed E-state index contributed by atoms with van der Waals surface area (Å²) >= 11 is 0. The van der Waals surface area contributed by atoms with Crippen molar-refractivity contribution in [1.29, 1.82) is 0 Å². The molecule has 2 rings (SSSR count). The highest BCUT2D eigenvalue weighted by Gasteiger charge is 2.41. The van der Waals surface area contributed by atoms with Crippen molar-refractivity contribution >= 4 is 29.2 Å². The van der Waals surface area contributed by atoms with Gasteiger partial charge >= 0.3 is 13.7 Å². The van der Waals surface area contributed by atoms with E-state index in [1.54, 1.807) is 0 Å². The molecule has 2 aromatic carbocycles. The van der Waals surface area contributed by atoms with Crippen LogP contribution in [0.4, 0.5) is 5.69 Å². The maximum absolute atomic E-state index is 12.4. The van der Waals surface area contributed by atoms with Gasteiger partial charge in [-0.2, -0.15) is 0 Å². The van der Waals surface area contributed by atoms with E-state index in [0.29, 0.717) is 0 Å². The lowest BCUT2D eigenvalue weighted by Gasteiger charge is -2.29. The number of nitro benzene ring substituents is 1. The molecule has 34 heavy (non-hydrogen) atoms. The summed E-state index contributed by atoms with van der Waals surface area (Å²) < 4.78 is 45.9. The third kappa shape index (κ3) is 8.08. The molecule has 186 valence electrons. The Bertz CT molecular complexity index is 1170. The standard InChI is InChI=1S/C19H23N2O11PS/c1-3-30-19(22)16(12-13-34(2,28)29)21(33(25,26)27)32-18-7-5-4-6-17(18)31-15-10-8-14(9-11-15)20(23)24/h4-11,16H,3,12-13H2,1-2H3,(H2,25,26,27)/t16-/m0/s1. The smallest absolute Gasteiger partial charge is 0.436 e. The Balaban J connectivity index is 2.39. The number of carbonyl (C=O) groups is 1. The summed E-state index contributed by atoms with van der Waals surface area (Å²) in [7, 11) is -8.89. The van der Waals surface area contributed by atoms with Crippen LogP contribution in [-0.2, 0) is 23.9 Å². The number of esters is 1. The van der Waals surface area contributed by atoms with Crippen molar-refractivity contribution in [3.05, 3.63) is 58.6 Å². The van der Waals surface area contributed by atoms with Crippen molar-refractivity contribution in [2.24, 2.45) is 0 Å². The summed E-state index contributed by atoms with van der Waals surface area (Å²) in [5.74, 6) is -1.78. The Hall–Kier alpha value is -3.03. The number of hydrogen-bond acceptors (Lipinski definition) is 9. The van der Waals surface area contributed by atoms with E-state index in [-0.39, 0.29) is 34.4 Å². The average molecular weight is 518 g/mol. The second-order valence-corrected chi connectivity index (χ2v) is 10.6. The highest BCUT2D eigenvalue weighted by Crippen LogP contribution is 2.45. The van der Waals surface area contributed by atoms with Gasteiger partial charge < -0.3 is 24.1 Å². The number of hydroxylamine groups is 1. The van der Waals surface area contributed by atoms with Gasteiger partial charge in [-0.15, -0.1) is 0 Å². The van der Waals surface area contributed by atoms with E-state index in [1.165, 1.54) is 55.5 Å². The molecule has 1 atom stereocenters. The van der Waals surface area contributed by atoms with Gasteiger partial charge in [0.2, 0.25) is 0 Å². The summed E-state index contributed by atoms with van der Waals surface area (Å²) in [6.07, 6.45) is 0.388. The van der Waals surface area contributed by atoms with Crippen LogP contribution in [0.2, 0.25) is 0 Å². The summed E-state index contributed by atoms with van der Waals surface area (Å²) in [6.45, 7) is 1.35. The number of rotatable bonds is 12. The Morgan fingerprint density at radius 3 is 2.24 bits per heavy atom. The van der Waals surface area contributed by atoms with Gasteiger partial charge in [0.05, 0.1) is 17.3 Å². The Morgan fingerprint density at radius 1 is 1.15 bits per heavy atom. The predicted molar refractivity (Wildman–Crippen MR) is 119 cm³/mol. The van der Waals surface area contributed by atoms with E-state index >= 15 is 0 Å². The van der Waals surface area contributed by atoms with Gasteiger partial charge in [-0.05, 0) is 42.4 Å². The summed E-state index contributed by atoms with van der Waals surface area (Å²) in [6, 6.07) is 8.93. The number of nitrogens with zero attached hydrogens (tertiary/aromatic N) is 2. The highest BCUT2D eigenvalue weighted by molar-refractivity contribution is 7.90. The first-order chi connectivity index (χ1) is 15.8. The van der Waals surface area contributed by atoms with Crippen LogP contribution in [0.3, 0.4) is 0 Å².